The highest BCUT2D eigenvalue weighted by Gasteiger charge is 2.17. The molecule has 0 atom stereocenters. The van der Waals surface area contributed by atoms with Crippen LogP contribution in [0.1, 0.15) is 10.5 Å². The molecule has 8 heteroatoms. The van der Waals surface area contributed by atoms with Gasteiger partial charge in [0.1, 0.15) is 17.4 Å². The van der Waals surface area contributed by atoms with Gasteiger partial charge in [0.25, 0.3) is 0 Å². The number of hydrogen-bond acceptors (Lipinski definition) is 6. The van der Waals surface area contributed by atoms with Crippen molar-refractivity contribution in [3.8, 4) is 17.1 Å². The first-order valence-electron chi connectivity index (χ1n) is 5.72. The second kappa shape index (κ2) is 5.92. The van der Waals surface area contributed by atoms with Crippen LogP contribution in [0.15, 0.2) is 18.2 Å². The molecule has 21 heavy (non-hydrogen) atoms. The molecule has 0 spiro atoms. The Morgan fingerprint density at radius 2 is 2.00 bits per heavy atom. The summed E-state index contributed by atoms with van der Waals surface area (Å²) in [5.74, 6) is -1.18. The van der Waals surface area contributed by atoms with Crippen LogP contribution in [0.25, 0.3) is 11.4 Å². The van der Waals surface area contributed by atoms with Gasteiger partial charge in [-0.2, -0.15) is 0 Å². The molecule has 0 fully saturated rings. The minimum atomic E-state index is -0.702. The largest absolute Gasteiger partial charge is 0.495 e. The minimum Gasteiger partial charge on any atom is -0.495 e. The Morgan fingerprint density at radius 1 is 1.29 bits per heavy atom. The third-order valence-corrected chi connectivity index (χ3v) is 2.92. The number of ether oxygens (including phenoxy) is 2. The first-order chi connectivity index (χ1) is 9.96. The van der Waals surface area contributed by atoms with Gasteiger partial charge >= 0.3 is 5.97 Å². The number of methoxy groups -OCH3 is 2. The monoisotopic (exact) mass is 311 g/mol. The van der Waals surface area contributed by atoms with E-state index >= 15 is 0 Å². The van der Waals surface area contributed by atoms with Crippen LogP contribution in [0, 0.1) is 5.82 Å². The summed E-state index contributed by atoms with van der Waals surface area (Å²) < 4.78 is 23.6. The number of carbonyl (C=O) groups excluding carboxylic acids is 1. The average molecular weight is 312 g/mol. The lowest BCUT2D eigenvalue weighted by atomic mass is 10.1. The zero-order valence-electron chi connectivity index (χ0n) is 11.2. The van der Waals surface area contributed by atoms with E-state index in [0.717, 1.165) is 6.07 Å². The Kier molecular flexibility index (Phi) is 4.23. The number of carbonyl (C=O) groups is 1. The lowest BCUT2D eigenvalue weighted by Crippen LogP contribution is -2.08. The number of hydrogen-bond donors (Lipinski definition) is 1. The number of rotatable bonds is 3. The number of halogens is 2. The third-order valence-electron chi connectivity index (χ3n) is 2.62. The van der Waals surface area contributed by atoms with E-state index in [1.807, 2.05) is 0 Å². The fourth-order valence-corrected chi connectivity index (χ4v) is 1.88. The van der Waals surface area contributed by atoms with Crippen molar-refractivity contribution in [2.24, 2.45) is 0 Å². The second-order valence-electron chi connectivity index (χ2n) is 3.96. The van der Waals surface area contributed by atoms with Gasteiger partial charge in [0.2, 0.25) is 0 Å². The maximum absolute atomic E-state index is 14.0. The van der Waals surface area contributed by atoms with Gasteiger partial charge < -0.3 is 15.2 Å². The van der Waals surface area contributed by atoms with Crippen LogP contribution in [0.2, 0.25) is 5.02 Å². The first-order valence-corrected chi connectivity index (χ1v) is 6.10. The van der Waals surface area contributed by atoms with Gasteiger partial charge in [-0.3, -0.25) is 0 Å². The summed E-state index contributed by atoms with van der Waals surface area (Å²) in [4.78, 5) is 19.3. The minimum absolute atomic E-state index is 0.00806. The maximum atomic E-state index is 14.0. The predicted molar refractivity (Wildman–Crippen MR) is 74.7 cm³/mol. The van der Waals surface area contributed by atoms with Crippen LogP contribution < -0.4 is 10.5 Å². The summed E-state index contributed by atoms with van der Waals surface area (Å²) in [5.41, 5.74) is 5.53. The number of anilines is 1. The van der Waals surface area contributed by atoms with Gasteiger partial charge in [-0.05, 0) is 12.1 Å². The summed E-state index contributed by atoms with van der Waals surface area (Å²) >= 11 is 5.82. The van der Waals surface area contributed by atoms with E-state index in [0.29, 0.717) is 0 Å². The Hall–Kier alpha value is -2.41. The normalized spacial score (nSPS) is 10.3. The Bertz CT molecular complexity index is 709. The number of nitrogen functional groups attached to an aromatic ring is 1. The summed E-state index contributed by atoms with van der Waals surface area (Å²) in [6.07, 6.45) is 0. The van der Waals surface area contributed by atoms with Crippen molar-refractivity contribution in [2.45, 2.75) is 0 Å². The Labute approximate surface area is 124 Å². The molecular formula is C13H11ClFN3O3. The molecule has 0 aliphatic rings. The number of esters is 1. The van der Waals surface area contributed by atoms with Gasteiger partial charge in [0.15, 0.2) is 11.5 Å². The fourth-order valence-electron chi connectivity index (χ4n) is 1.65. The molecule has 0 amide bonds. The number of nitrogens with zero attached hydrogens (tertiary/aromatic N) is 2. The molecule has 0 saturated carbocycles. The maximum Gasteiger partial charge on any atom is 0.356 e. The van der Waals surface area contributed by atoms with Crippen molar-refractivity contribution in [2.75, 3.05) is 20.0 Å². The van der Waals surface area contributed by atoms with Crippen molar-refractivity contribution in [1.29, 1.82) is 0 Å². The van der Waals surface area contributed by atoms with Crippen molar-refractivity contribution in [1.82, 2.24) is 9.97 Å². The Balaban J connectivity index is 2.61. The van der Waals surface area contributed by atoms with E-state index in [1.165, 1.54) is 26.4 Å². The van der Waals surface area contributed by atoms with E-state index < -0.39 is 11.8 Å². The molecule has 0 bridgehead atoms. The molecule has 0 radical (unpaired) electrons. The molecule has 2 aromatic rings. The van der Waals surface area contributed by atoms with E-state index in [4.69, 9.17) is 22.1 Å². The molecule has 0 unspecified atom stereocenters. The van der Waals surface area contributed by atoms with Crippen LogP contribution in [-0.4, -0.2) is 30.2 Å². The second-order valence-corrected chi connectivity index (χ2v) is 4.37. The first kappa shape index (κ1) is 15.0. The molecule has 0 aliphatic carbocycles. The lowest BCUT2D eigenvalue weighted by Gasteiger charge is -2.09. The van der Waals surface area contributed by atoms with Crippen LogP contribution in [0.3, 0.4) is 0 Å². The standard InChI is InChI=1S/C13H11ClFN3O3/c1-20-10-3-6(8(15)4-7(10)14)12-17-9(13(19)21-2)5-11(16)18-12/h3-5H,1-2H3,(H2,16,17,18). The highest BCUT2D eigenvalue weighted by Crippen LogP contribution is 2.32. The molecule has 2 rings (SSSR count). The van der Waals surface area contributed by atoms with E-state index in [-0.39, 0.29) is 33.7 Å². The van der Waals surface area contributed by atoms with Gasteiger partial charge in [0, 0.05) is 6.07 Å². The Morgan fingerprint density at radius 3 is 2.62 bits per heavy atom. The molecule has 110 valence electrons. The average Bonchev–Trinajstić information content (AvgIpc) is 2.45. The SMILES string of the molecule is COC(=O)c1cc(N)nc(-c2cc(OC)c(Cl)cc2F)n1. The van der Waals surface area contributed by atoms with Crippen LogP contribution in [0.5, 0.6) is 5.75 Å². The van der Waals surface area contributed by atoms with Gasteiger partial charge in [-0.15, -0.1) is 0 Å². The summed E-state index contributed by atoms with van der Waals surface area (Å²) in [6.45, 7) is 0. The zero-order valence-corrected chi connectivity index (χ0v) is 11.9. The van der Waals surface area contributed by atoms with Crippen LogP contribution >= 0.6 is 11.6 Å². The fraction of sp³-hybridized carbons (Fsp3) is 0.154. The molecule has 1 aromatic carbocycles. The number of nitrogens with two attached hydrogens (primary N) is 1. The van der Waals surface area contributed by atoms with Crippen molar-refractivity contribution in [3.05, 3.63) is 34.7 Å². The van der Waals surface area contributed by atoms with E-state index in [1.54, 1.807) is 0 Å². The summed E-state index contributed by atoms with van der Waals surface area (Å²) in [5, 5.41) is 0.107. The third kappa shape index (κ3) is 3.03. The van der Waals surface area contributed by atoms with E-state index in [2.05, 4.69) is 14.7 Å². The number of aromatic nitrogens is 2. The van der Waals surface area contributed by atoms with Crippen LogP contribution in [-0.2, 0) is 4.74 Å². The molecule has 2 N–H and O–H groups in total. The lowest BCUT2D eigenvalue weighted by molar-refractivity contribution is 0.0594. The predicted octanol–water partition coefficient (Wildman–Crippen LogP) is 2.31. The quantitative estimate of drug-likeness (QED) is 0.875. The molecule has 6 nitrogen and oxygen atoms in total. The van der Waals surface area contributed by atoms with Gasteiger partial charge in [-0.25, -0.2) is 19.2 Å². The highest BCUT2D eigenvalue weighted by atomic mass is 35.5. The topological polar surface area (TPSA) is 87.3 Å². The van der Waals surface area contributed by atoms with Gasteiger partial charge in [-0.1, -0.05) is 11.6 Å². The summed E-state index contributed by atoms with van der Waals surface area (Å²) in [6, 6.07) is 3.63. The molecule has 1 heterocycles. The smallest absolute Gasteiger partial charge is 0.356 e. The van der Waals surface area contributed by atoms with Crippen LogP contribution in [0.4, 0.5) is 10.2 Å². The van der Waals surface area contributed by atoms with Crippen molar-refractivity contribution < 1.29 is 18.7 Å². The molecule has 0 aliphatic heterocycles. The zero-order chi connectivity index (χ0) is 15.6. The molecule has 1 aromatic heterocycles. The molecule has 0 saturated heterocycles. The van der Waals surface area contributed by atoms with Crippen molar-refractivity contribution in [3.63, 3.8) is 0 Å². The van der Waals surface area contributed by atoms with Crippen molar-refractivity contribution >= 4 is 23.4 Å². The molecular weight excluding hydrogens is 301 g/mol. The number of benzene rings is 1. The van der Waals surface area contributed by atoms with E-state index in [9.17, 15) is 9.18 Å². The van der Waals surface area contributed by atoms with Gasteiger partial charge in [0.05, 0.1) is 24.8 Å². The summed E-state index contributed by atoms with van der Waals surface area (Å²) in [7, 11) is 2.59. The highest BCUT2D eigenvalue weighted by molar-refractivity contribution is 6.32.